The fourth-order valence-corrected chi connectivity index (χ4v) is 6.87. The molecule has 222 valence electrons. The second-order valence-electron chi connectivity index (χ2n) is 11.7. The number of aliphatic hydroxyl groups excluding tert-OH is 2. The van der Waals surface area contributed by atoms with Gasteiger partial charge in [-0.2, -0.15) is 0 Å². The zero-order valence-corrected chi connectivity index (χ0v) is 23.8. The van der Waals surface area contributed by atoms with Crippen LogP contribution in [0.4, 0.5) is 10.1 Å². The first-order valence-corrected chi connectivity index (χ1v) is 13.6. The number of primary amides is 1. The third-order valence-corrected chi connectivity index (χ3v) is 8.85. The van der Waals surface area contributed by atoms with Crippen molar-refractivity contribution in [3.05, 3.63) is 75.3 Å². The normalized spacial score (nSPS) is 25.4. The number of aromatic hydroxyl groups is 1. The largest absolute Gasteiger partial charge is 0.508 e. The highest BCUT2D eigenvalue weighted by Gasteiger charge is 2.64. The van der Waals surface area contributed by atoms with Crippen molar-refractivity contribution in [2.45, 2.75) is 37.3 Å². The molecule has 0 radical (unpaired) electrons. The number of benzene rings is 2. The fraction of sp³-hybridized carbons (Fsp3) is 0.387. The quantitative estimate of drug-likeness (QED) is 0.322. The van der Waals surface area contributed by atoms with E-state index >= 15 is 0 Å². The van der Waals surface area contributed by atoms with E-state index in [4.69, 9.17) is 5.73 Å². The SMILES string of the molecule is CN(C)c1cc(CCc2ccc(F)cc2)c(O)c2c1C[C@@H]1C[C@@H]3[C@@H](N(C)C)C(=O)C(C(N)=O)=C(O)[C@]3(O)C(=O)C1=C2O. The Balaban J connectivity index is 1.66. The van der Waals surface area contributed by atoms with E-state index in [0.717, 1.165) is 5.56 Å². The highest BCUT2D eigenvalue weighted by molar-refractivity contribution is 6.24. The maximum absolute atomic E-state index is 14.1. The summed E-state index contributed by atoms with van der Waals surface area (Å²) in [6, 6.07) is 6.67. The van der Waals surface area contributed by atoms with Crippen LogP contribution in [0.15, 0.2) is 47.2 Å². The molecule has 0 heterocycles. The van der Waals surface area contributed by atoms with E-state index in [1.54, 1.807) is 26.2 Å². The van der Waals surface area contributed by atoms with Crippen molar-refractivity contribution in [3.8, 4) is 5.75 Å². The summed E-state index contributed by atoms with van der Waals surface area (Å²) >= 11 is 0. The number of phenolic OH excluding ortho intramolecular Hbond substituents is 1. The topological polar surface area (TPSA) is 165 Å². The first-order valence-electron chi connectivity index (χ1n) is 13.6. The second-order valence-corrected chi connectivity index (χ2v) is 11.7. The molecule has 1 fully saturated rings. The summed E-state index contributed by atoms with van der Waals surface area (Å²) in [5.41, 5.74) is 4.32. The summed E-state index contributed by atoms with van der Waals surface area (Å²) in [4.78, 5) is 42.8. The predicted octanol–water partition coefficient (Wildman–Crippen LogP) is 1.95. The summed E-state index contributed by atoms with van der Waals surface area (Å²) in [5.74, 6) is -7.16. The summed E-state index contributed by atoms with van der Waals surface area (Å²) in [7, 11) is 6.74. The molecule has 6 N–H and O–H groups in total. The Morgan fingerprint density at radius 2 is 1.71 bits per heavy atom. The van der Waals surface area contributed by atoms with Crippen LogP contribution in [0.1, 0.15) is 28.7 Å². The van der Waals surface area contributed by atoms with Gasteiger partial charge < -0.3 is 31.1 Å². The van der Waals surface area contributed by atoms with Gasteiger partial charge in [-0.1, -0.05) is 12.1 Å². The van der Waals surface area contributed by atoms with E-state index in [9.17, 15) is 39.2 Å². The fourth-order valence-electron chi connectivity index (χ4n) is 6.87. The first-order chi connectivity index (χ1) is 19.7. The summed E-state index contributed by atoms with van der Waals surface area (Å²) in [6.45, 7) is 0. The van der Waals surface area contributed by atoms with Crippen molar-refractivity contribution in [1.29, 1.82) is 0 Å². The summed E-state index contributed by atoms with van der Waals surface area (Å²) < 4.78 is 13.4. The monoisotopic (exact) mass is 579 g/mol. The van der Waals surface area contributed by atoms with E-state index in [0.29, 0.717) is 29.7 Å². The number of nitrogens with two attached hydrogens (primary N) is 1. The van der Waals surface area contributed by atoms with Crippen LogP contribution in [0.5, 0.6) is 5.75 Å². The minimum atomic E-state index is -2.69. The molecule has 11 heteroatoms. The van der Waals surface area contributed by atoms with Gasteiger partial charge in [-0.3, -0.25) is 19.3 Å². The Hall–Kier alpha value is -4.22. The number of fused-ring (bicyclic) bond motifs is 3. The van der Waals surface area contributed by atoms with Crippen molar-refractivity contribution in [1.82, 2.24) is 4.90 Å². The molecule has 10 nitrogen and oxygen atoms in total. The molecule has 0 aromatic heterocycles. The molecule has 3 aliphatic rings. The Bertz CT molecular complexity index is 1580. The average Bonchev–Trinajstić information content (AvgIpc) is 2.90. The molecule has 1 amide bonds. The van der Waals surface area contributed by atoms with Gasteiger partial charge in [0.1, 0.15) is 28.7 Å². The minimum Gasteiger partial charge on any atom is -0.508 e. The molecule has 42 heavy (non-hydrogen) atoms. The van der Waals surface area contributed by atoms with Gasteiger partial charge in [0, 0.05) is 31.3 Å². The van der Waals surface area contributed by atoms with Crippen LogP contribution in [-0.4, -0.2) is 82.6 Å². The zero-order valence-electron chi connectivity index (χ0n) is 23.8. The zero-order chi connectivity index (χ0) is 30.8. The Labute approximate surface area is 242 Å². The molecular weight excluding hydrogens is 545 g/mol. The first kappa shape index (κ1) is 29.3. The molecule has 3 aliphatic carbocycles. The lowest BCUT2D eigenvalue weighted by Gasteiger charge is -2.50. The number of hydrogen-bond donors (Lipinski definition) is 5. The van der Waals surface area contributed by atoms with Gasteiger partial charge in [-0.05, 0) is 80.6 Å². The maximum atomic E-state index is 14.1. The van der Waals surface area contributed by atoms with Crippen LogP contribution >= 0.6 is 0 Å². The molecule has 1 saturated carbocycles. The van der Waals surface area contributed by atoms with Crippen LogP contribution < -0.4 is 10.6 Å². The number of carbonyl (C=O) groups is 3. The Kier molecular flexibility index (Phi) is 7.14. The van der Waals surface area contributed by atoms with Gasteiger partial charge in [0.05, 0.1) is 11.6 Å². The molecule has 0 bridgehead atoms. The number of phenols is 1. The van der Waals surface area contributed by atoms with Crippen LogP contribution in [0.25, 0.3) is 5.76 Å². The lowest BCUT2D eigenvalue weighted by Crippen LogP contribution is -2.65. The van der Waals surface area contributed by atoms with Crippen molar-refractivity contribution in [2.75, 3.05) is 33.1 Å². The number of amides is 1. The highest BCUT2D eigenvalue weighted by Crippen LogP contribution is 2.54. The van der Waals surface area contributed by atoms with Crippen molar-refractivity contribution < 1.29 is 39.2 Å². The Morgan fingerprint density at radius 1 is 1.07 bits per heavy atom. The molecule has 0 aliphatic heterocycles. The van der Waals surface area contributed by atoms with Crippen LogP contribution in [0, 0.1) is 17.7 Å². The average molecular weight is 580 g/mol. The van der Waals surface area contributed by atoms with Gasteiger partial charge in [0.25, 0.3) is 5.91 Å². The standard InChI is InChI=1S/C31H34FN3O7/c1-34(2)20-13-15(8-5-14-6-9-17(32)10-7-14)25(36)22-18(20)11-16-12-19-24(35(3)4)27(38)23(30(33)41)29(40)31(19,42)28(39)21(16)26(22)37/h6-7,9-10,13,16,19,24,36-37,40,42H,5,8,11-12H2,1-4H3,(H2,33,41)/t16-,19-,24-,31-/m1/s1. The molecule has 0 unspecified atom stereocenters. The number of carbonyl (C=O) groups excluding carboxylic acids is 3. The lowest BCUT2D eigenvalue weighted by molar-refractivity contribution is -0.153. The second kappa shape index (κ2) is 10.2. The van der Waals surface area contributed by atoms with E-state index in [2.05, 4.69) is 0 Å². The minimum absolute atomic E-state index is 0.0196. The van der Waals surface area contributed by atoms with Gasteiger partial charge in [-0.15, -0.1) is 0 Å². The number of nitrogens with zero attached hydrogens (tertiary/aromatic N) is 2. The number of ketones is 2. The van der Waals surface area contributed by atoms with E-state index in [-0.39, 0.29) is 35.5 Å². The molecule has 5 rings (SSSR count). The highest BCUT2D eigenvalue weighted by atomic mass is 19.1. The van der Waals surface area contributed by atoms with Crippen molar-refractivity contribution in [3.63, 3.8) is 0 Å². The smallest absolute Gasteiger partial charge is 0.255 e. The lowest BCUT2D eigenvalue weighted by atomic mass is 9.57. The Morgan fingerprint density at radius 3 is 2.29 bits per heavy atom. The summed E-state index contributed by atoms with van der Waals surface area (Å²) in [6.07, 6.45) is 1.03. The van der Waals surface area contributed by atoms with Gasteiger partial charge in [0.15, 0.2) is 11.4 Å². The number of Topliss-reactive ketones (excluding diaryl/α,β-unsaturated/α-hetero) is 2. The van der Waals surface area contributed by atoms with Crippen LogP contribution in [-0.2, 0) is 33.6 Å². The number of likely N-dealkylation sites (N-methyl/N-ethyl adjacent to an activating group) is 1. The van der Waals surface area contributed by atoms with Gasteiger partial charge >= 0.3 is 0 Å². The number of halogens is 1. The molecule has 4 atom stereocenters. The predicted molar refractivity (Wildman–Crippen MR) is 152 cm³/mol. The summed E-state index contributed by atoms with van der Waals surface area (Å²) in [5, 5.41) is 45.8. The maximum Gasteiger partial charge on any atom is 0.255 e. The molecule has 0 saturated heterocycles. The van der Waals surface area contributed by atoms with E-state index in [1.165, 1.54) is 17.0 Å². The number of hydrogen-bond acceptors (Lipinski definition) is 9. The van der Waals surface area contributed by atoms with Crippen LogP contribution in [0.3, 0.4) is 0 Å². The number of anilines is 1. The number of rotatable bonds is 6. The van der Waals surface area contributed by atoms with E-state index < -0.39 is 58.0 Å². The third-order valence-electron chi connectivity index (χ3n) is 8.85. The number of aliphatic hydroxyl groups is 3. The molecule has 2 aromatic rings. The molecular formula is C31H34FN3O7. The number of aryl methyl sites for hydroxylation is 2. The van der Waals surface area contributed by atoms with Gasteiger partial charge in [-0.25, -0.2) is 4.39 Å². The van der Waals surface area contributed by atoms with E-state index in [1.807, 2.05) is 25.1 Å². The van der Waals surface area contributed by atoms with Crippen molar-refractivity contribution in [2.24, 2.45) is 17.6 Å². The van der Waals surface area contributed by atoms with Gasteiger partial charge in [0.2, 0.25) is 5.78 Å². The van der Waals surface area contributed by atoms with Crippen LogP contribution in [0.2, 0.25) is 0 Å². The van der Waals surface area contributed by atoms with Crippen molar-refractivity contribution >= 4 is 28.9 Å². The third kappa shape index (κ3) is 4.26. The molecule has 0 spiro atoms. The molecule has 2 aromatic carbocycles.